The van der Waals surface area contributed by atoms with E-state index in [1.807, 2.05) is 18.2 Å². The molecule has 0 spiro atoms. The molecule has 0 atom stereocenters. The van der Waals surface area contributed by atoms with Crippen LogP contribution in [0.3, 0.4) is 0 Å². The zero-order valence-electron chi connectivity index (χ0n) is 14.2. The molecule has 0 aromatic heterocycles. The van der Waals surface area contributed by atoms with Crippen LogP contribution in [0.4, 0.5) is 11.4 Å². The molecular weight excluding hydrogens is 296 g/mol. The van der Waals surface area contributed by atoms with Gasteiger partial charge in [0.15, 0.2) is 0 Å². The number of ether oxygens (including phenoxy) is 3. The summed E-state index contributed by atoms with van der Waals surface area (Å²) in [7, 11) is 0. The van der Waals surface area contributed by atoms with Gasteiger partial charge in [-0.15, -0.1) is 0 Å². The lowest BCUT2D eigenvalue weighted by molar-refractivity contribution is 0.00920. The third kappa shape index (κ3) is 8.76. The molecule has 6 nitrogen and oxygen atoms in total. The van der Waals surface area contributed by atoms with Crippen LogP contribution >= 0.6 is 0 Å². The molecule has 1 rings (SSSR count). The van der Waals surface area contributed by atoms with Crippen molar-refractivity contribution in [2.45, 2.75) is 19.8 Å². The minimum atomic E-state index is 0.0443. The van der Waals surface area contributed by atoms with Gasteiger partial charge >= 0.3 is 0 Å². The van der Waals surface area contributed by atoms with Crippen LogP contribution in [0, 0.1) is 0 Å². The number of aliphatic hydroxyl groups is 1. The third-order valence-corrected chi connectivity index (χ3v) is 3.24. The Hall–Kier alpha value is -1.34. The zero-order chi connectivity index (χ0) is 16.9. The Morgan fingerprint density at radius 2 is 1.61 bits per heavy atom. The fraction of sp³-hybridized carbons (Fsp3) is 0.647. The minimum Gasteiger partial charge on any atom is -0.399 e. The maximum Gasteiger partial charge on any atom is 0.0701 e. The van der Waals surface area contributed by atoms with Crippen molar-refractivity contribution < 1.29 is 19.3 Å². The topological polar surface area (TPSA) is 86.0 Å². The molecule has 0 unspecified atom stereocenters. The first-order valence-electron chi connectivity index (χ1n) is 8.12. The van der Waals surface area contributed by atoms with Crippen molar-refractivity contribution in [2.24, 2.45) is 0 Å². The summed E-state index contributed by atoms with van der Waals surface area (Å²) in [4.78, 5) is 0. The number of nitrogens with two attached hydrogens (primary N) is 1. The van der Waals surface area contributed by atoms with Gasteiger partial charge in [-0.2, -0.15) is 0 Å². The van der Waals surface area contributed by atoms with Crippen molar-refractivity contribution >= 4 is 11.4 Å². The van der Waals surface area contributed by atoms with Gasteiger partial charge < -0.3 is 30.4 Å². The van der Waals surface area contributed by atoms with E-state index < -0.39 is 0 Å². The molecule has 1 aromatic carbocycles. The zero-order valence-corrected chi connectivity index (χ0v) is 14.2. The van der Waals surface area contributed by atoms with Crippen LogP contribution in [0.15, 0.2) is 18.2 Å². The van der Waals surface area contributed by atoms with Gasteiger partial charge in [-0.3, -0.25) is 0 Å². The normalized spacial score (nSPS) is 11.1. The van der Waals surface area contributed by atoms with E-state index in [1.165, 1.54) is 5.56 Å². The summed E-state index contributed by atoms with van der Waals surface area (Å²) in [6, 6.07) is 5.93. The van der Waals surface area contributed by atoms with Crippen LogP contribution in [-0.2, 0) is 14.2 Å². The van der Waals surface area contributed by atoms with Crippen LogP contribution in [0.2, 0.25) is 0 Å². The summed E-state index contributed by atoms with van der Waals surface area (Å²) in [5.41, 5.74) is 8.95. The number of hydrogen-bond donors (Lipinski definition) is 3. The van der Waals surface area contributed by atoms with Gasteiger partial charge in [0.25, 0.3) is 0 Å². The number of nitrogens with one attached hydrogen (secondary N) is 1. The molecule has 0 fully saturated rings. The monoisotopic (exact) mass is 326 g/mol. The second-order valence-corrected chi connectivity index (χ2v) is 5.49. The van der Waals surface area contributed by atoms with Crippen molar-refractivity contribution in [3.63, 3.8) is 0 Å². The molecule has 0 aliphatic heterocycles. The molecule has 4 N–H and O–H groups in total. The summed E-state index contributed by atoms with van der Waals surface area (Å²) in [5.74, 6) is 0.420. The number of nitrogen functional groups attached to an aromatic ring is 1. The standard InChI is InChI=1S/C17H30N2O4/c1-14(2)16-13-15(18)3-4-17(16)19-5-7-21-9-11-23-12-10-22-8-6-20/h3-4,13-14,19-20H,5-12,18H2,1-2H3. The second kappa shape index (κ2) is 12.1. The predicted octanol–water partition coefficient (Wildman–Crippen LogP) is 1.85. The van der Waals surface area contributed by atoms with Crippen LogP contribution in [0.1, 0.15) is 25.3 Å². The molecule has 0 aliphatic rings. The molecule has 0 amide bonds. The Kier molecular flexibility index (Phi) is 10.4. The smallest absolute Gasteiger partial charge is 0.0701 e. The van der Waals surface area contributed by atoms with Crippen LogP contribution in [0.25, 0.3) is 0 Å². The molecule has 0 heterocycles. The molecule has 6 heteroatoms. The van der Waals surface area contributed by atoms with Crippen molar-refractivity contribution in [1.82, 2.24) is 0 Å². The lowest BCUT2D eigenvalue weighted by atomic mass is 10.0. The fourth-order valence-electron chi connectivity index (χ4n) is 2.08. The molecule has 0 saturated carbocycles. The highest BCUT2D eigenvalue weighted by Crippen LogP contribution is 2.26. The Bertz CT molecular complexity index is 427. The van der Waals surface area contributed by atoms with Gasteiger partial charge in [0.2, 0.25) is 0 Å². The van der Waals surface area contributed by atoms with E-state index in [9.17, 15) is 0 Å². The maximum absolute atomic E-state index is 8.53. The van der Waals surface area contributed by atoms with E-state index in [-0.39, 0.29) is 6.61 Å². The molecule has 0 radical (unpaired) electrons. The average molecular weight is 326 g/mol. The van der Waals surface area contributed by atoms with Gasteiger partial charge in [-0.05, 0) is 29.7 Å². The summed E-state index contributed by atoms with van der Waals surface area (Å²) < 4.78 is 15.9. The van der Waals surface area contributed by atoms with Gasteiger partial charge in [0, 0.05) is 17.9 Å². The summed E-state index contributed by atoms with van der Waals surface area (Å²) in [6.07, 6.45) is 0. The Morgan fingerprint density at radius 1 is 1.00 bits per heavy atom. The Labute approximate surface area is 138 Å². The lowest BCUT2D eigenvalue weighted by Crippen LogP contribution is -2.15. The Balaban J connectivity index is 2.07. The highest BCUT2D eigenvalue weighted by molar-refractivity contribution is 5.59. The highest BCUT2D eigenvalue weighted by Gasteiger charge is 2.06. The van der Waals surface area contributed by atoms with E-state index in [4.69, 9.17) is 25.1 Å². The van der Waals surface area contributed by atoms with E-state index in [0.717, 1.165) is 17.9 Å². The summed E-state index contributed by atoms with van der Waals surface area (Å²) >= 11 is 0. The number of aliphatic hydroxyl groups excluding tert-OH is 1. The minimum absolute atomic E-state index is 0.0443. The van der Waals surface area contributed by atoms with Crippen molar-refractivity contribution in [2.75, 3.05) is 63.8 Å². The molecule has 0 aliphatic carbocycles. The van der Waals surface area contributed by atoms with Crippen molar-refractivity contribution in [3.05, 3.63) is 23.8 Å². The SMILES string of the molecule is CC(C)c1cc(N)ccc1NCCOCCOCCOCCO. The highest BCUT2D eigenvalue weighted by atomic mass is 16.5. The van der Waals surface area contributed by atoms with Gasteiger partial charge in [0.1, 0.15) is 0 Å². The molecular formula is C17H30N2O4. The molecule has 23 heavy (non-hydrogen) atoms. The van der Waals surface area contributed by atoms with Gasteiger partial charge in [-0.1, -0.05) is 13.8 Å². The molecule has 0 saturated heterocycles. The van der Waals surface area contributed by atoms with Gasteiger partial charge in [0.05, 0.1) is 46.2 Å². The van der Waals surface area contributed by atoms with Crippen LogP contribution in [-0.4, -0.2) is 57.9 Å². The second-order valence-electron chi connectivity index (χ2n) is 5.49. The number of rotatable bonds is 13. The van der Waals surface area contributed by atoms with Crippen LogP contribution < -0.4 is 11.1 Å². The van der Waals surface area contributed by atoms with Crippen molar-refractivity contribution in [1.29, 1.82) is 0 Å². The average Bonchev–Trinajstić information content (AvgIpc) is 2.53. The number of hydrogen-bond acceptors (Lipinski definition) is 6. The van der Waals surface area contributed by atoms with Gasteiger partial charge in [-0.25, -0.2) is 0 Å². The first-order valence-corrected chi connectivity index (χ1v) is 8.12. The van der Waals surface area contributed by atoms with Crippen molar-refractivity contribution in [3.8, 4) is 0 Å². The summed E-state index contributed by atoms with van der Waals surface area (Å²) in [6.45, 7) is 8.17. The van der Waals surface area contributed by atoms with E-state index in [1.54, 1.807) is 0 Å². The molecule has 0 bridgehead atoms. The van der Waals surface area contributed by atoms with Crippen LogP contribution in [0.5, 0.6) is 0 Å². The Morgan fingerprint density at radius 3 is 2.22 bits per heavy atom. The lowest BCUT2D eigenvalue weighted by Gasteiger charge is -2.15. The molecule has 132 valence electrons. The molecule has 1 aromatic rings. The van der Waals surface area contributed by atoms with E-state index in [2.05, 4.69) is 19.2 Å². The summed E-state index contributed by atoms with van der Waals surface area (Å²) in [5, 5.41) is 11.9. The maximum atomic E-state index is 8.53. The van der Waals surface area contributed by atoms with E-state index >= 15 is 0 Å². The van der Waals surface area contributed by atoms with E-state index in [0.29, 0.717) is 45.6 Å². The number of anilines is 2. The predicted molar refractivity (Wildman–Crippen MR) is 93.0 cm³/mol. The fourth-order valence-corrected chi connectivity index (χ4v) is 2.08. The first-order chi connectivity index (χ1) is 11.1. The quantitative estimate of drug-likeness (QED) is 0.379. The largest absolute Gasteiger partial charge is 0.399 e. The first kappa shape index (κ1) is 19.7. The number of benzene rings is 1. The third-order valence-electron chi connectivity index (χ3n) is 3.24.